The van der Waals surface area contributed by atoms with Gasteiger partial charge < -0.3 is 9.84 Å². The van der Waals surface area contributed by atoms with Gasteiger partial charge in [0.05, 0.1) is 6.42 Å². The number of hydrogen-bond acceptors (Lipinski definition) is 2. The van der Waals surface area contributed by atoms with Crippen LogP contribution in [0.5, 0.6) is 0 Å². The summed E-state index contributed by atoms with van der Waals surface area (Å²) in [6.45, 7) is 5.65. The van der Waals surface area contributed by atoms with Crippen molar-refractivity contribution in [3.05, 3.63) is 0 Å². The van der Waals surface area contributed by atoms with Gasteiger partial charge in [0, 0.05) is 13.2 Å². The second-order valence-corrected chi connectivity index (χ2v) is 4.45. The minimum atomic E-state index is -0.698. The van der Waals surface area contributed by atoms with Gasteiger partial charge in [-0.1, -0.05) is 13.8 Å². The molecular formula is C10H18O3. The van der Waals surface area contributed by atoms with E-state index in [1.807, 2.05) is 13.8 Å². The number of ether oxygens (including phenoxy) is 1. The van der Waals surface area contributed by atoms with Crippen LogP contribution in [0, 0.1) is 11.3 Å². The maximum atomic E-state index is 10.6. The molecule has 0 bridgehead atoms. The Hall–Kier alpha value is -0.570. The van der Waals surface area contributed by atoms with Gasteiger partial charge in [-0.2, -0.15) is 0 Å². The Balaban J connectivity index is 2.50. The molecule has 3 heteroatoms. The van der Waals surface area contributed by atoms with E-state index in [2.05, 4.69) is 0 Å². The van der Waals surface area contributed by atoms with E-state index in [4.69, 9.17) is 9.84 Å². The summed E-state index contributed by atoms with van der Waals surface area (Å²) in [5.41, 5.74) is -0.0877. The van der Waals surface area contributed by atoms with Gasteiger partial charge in [0.25, 0.3) is 0 Å². The Kier molecular flexibility index (Phi) is 3.31. The standard InChI is InChI=1S/C10H18O3/c1-10(2,7-9(11)12)8-3-5-13-6-4-8/h8H,3-7H2,1-2H3,(H,11,12). The lowest BCUT2D eigenvalue weighted by molar-refractivity contribution is -0.140. The monoisotopic (exact) mass is 186 g/mol. The van der Waals surface area contributed by atoms with Crippen LogP contribution in [0.1, 0.15) is 33.1 Å². The average Bonchev–Trinajstić information content (AvgIpc) is 2.04. The van der Waals surface area contributed by atoms with Crippen LogP contribution in [0.3, 0.4) is 0 Å². The minimum Gasteiger partial charge on any atom is -0.481 e. The van der Waals surface area contributed by atoms with Crippen molar-refractivity contribution in [1.29, 1.82) is 0 Å². The number of rotatable bonds is 3. The molecule has 76 valence electrons. The van der Waals surface area contributed by atoms with Gasteiger partial charge in [-0.25, -0.2) is 0 Å². The highest BCUT2D eigenvalue weighted by molar-refractivity contribution is 5.67. The highest BCUT2D eigenvalue weighted by Crippen LogP contribution is 2.37. The van der Waals surface area contributed by atoms with Crippen molar-refractivity contribution in [2.45, 2.75) is 33.1 Å². The lowest BCUT2D eigenvalue weighted by Gasteiger charge is -2.35. The maximum Gasteiger partial charge on any atom is 0.303 e. The van der Waals surface area contributed by atoms with E-state index in [9.17, 15) is 4.79 Å². The normalized spacial score (nSPS) is 20.2. The molecule has 0 aromatic heterocycles. The number of carboxylic acids is 1. The van der Waals surface area contributed by atoms with Gasteiger partial charge >= 0.3 is 5.97 Å². The van der Waals surface area contributed by atoms with Gasteiger partial charge in [-0.05, 0) is 24.2 Å². The van der Waals surface area contributed by atoms with Crippen molar-refractivity contribution in [3.63, 3.8) is 0 Å². The first-order chi connectivity index (χ1) is 6.02. The highest BCUT2D eigenvalue weighted by Gasteiger charge is 2.32. The molecule has 0 amide bonds. The number of carbonyl (C=O) groups is 1. The van der Waals surface area contributed by atoms with Crippen LogP contribution in [0.2, 0.25) is 0 Å². The van der Waals surface area contributed by atoms with E-state index >= 15 is 0 Å². The predicted molar refractivity (Wildman–Crippen MR) is 49.6 cm³/mol. The zero-order valence-corrected chi connectivity index (χ0v) is 8.38. The topological polar surface area (TPSA) is 46.5 Å². The third kappa shape index (κ3) is 2.99. The summed E-state index contributed by atoms with van der Waals surface area (Å²) in [5, 5.41) is 8.75. The quantitative estimate of drug-likeness (QED) is 0.732. The molecule has 1 heterocycles. The molecule has 0 saturated carbocycles. The summed E-state index contributed by atoms with van der Waals surface area (Å²) < 4.78 is 5.25. The first-order valence-corrected chi connectivity index (χ1v) is 4.82. The summed E-state index contributed by atoms with van der Waals surface area (Å²) >= 11 is 0. The molecule has 1 N–H and O–H groups in total. The van der Waals surface area contributed by atoms with Gasteiger partial charge in [-0.15, -0.1) is 0 Å². The Labute approximate surface area is 79.1 Å². The van der Waals surface area contributed by atoms with Gasteiger partial charge in [0.15, 0.2) is 0 Å². The molecule has 0 aliphatic carbocycles. The molecule has 1 saturated heterocycles. The zero-order chi connectivity index (χ0) is 9.90. The lowest BCUT2D eigenvalue weighted by Crippen LogP contribution is -2.31. The molecule has 0 atom stereocenters. The molecule has 1 rings (SSSR count). The minimum absolute atomic E-state index is 0.0877. The third-order valence-electron chi connectivity index (χ3n) is 2.93. The summed E-state index contributed by atoms with van der Waals surface area (Å²) in [4.78, 5) is 10.6. The van der Waals surface area contributed by atoms with E-state index in [1.165, 1.54) is 0 Å². The van der Waals surface area contributed by atoms with Gasteiger partial charge in [-0.3, -0.25) is 4.79 Å². The first kappa shape index (κ1) is 10.5. The van der Waals surface area contributed by atoms with Gasteiger partial charge in [0.1, 0.15) is 0 Å². The molecule has 0 spiro atoms. The highest BCUT2D eigenvalue weighted by atomic mass is 16.5. The fourth-order valence-electron chi connectivity index (χ4n) is 2.01. The summed E-state index contributed by atoms with van der Waals surface area (Å²) in [5.74, 6) is -0.200. The van der Waals surface area contributed by atoms with Crippen molar-refractivity contribution in [2.24, 2.45) is 11.3 Å². The second kappa shape index (κ2) is 4.09. The summed E-state index contributed by atoms with van der Waals surface area (Å²) in [6.07, 6.45) is 2.26. The summed E-state index contributed by atoms with van der Waals surface area (Å²) in [7, 11) is 0. The Morgan fingerprint density at radius 1 is 1.46 bits per heavy atom. The van der Waals surface area contributed by atoms with E-state index in [-0.39, 0.29) is 11.8 Å². The van der Waals surface area contributed by atoms with Crippen molar-refractivity contribution < 1.29 is 14.6 Å². The van der Waals surface area contributed by atoms with Crippen LogP contribution in [-0.2, 0) is 9.53 Å². The lowest BCUT2D eigenvalue weighted by atomic mass is 9.72. The van der Waals surface area contributed by atoms with Crippen LogP contribution in [0.25, 0.3) is 0 Å². The molecule has 1 aliphatic rings. The number of hydrogen-bond donors (Lipinski definition) is 1. The van der Waals surface area contributed by atoms with E-state index in [0.717, 1.165) is 26.1 Å². The smallest absolute Gasteiger partial charge is 0.303 e. The number of aliphatic carboxylic acids is 1. The molecule has 0 unspecified atom stereocenters. The Morgan fingerprint density at radius 3 is 2.46 bits per heavy atom. The Morgan fingerprint density at radius 2 is 2.00 bits per heavy atom. The molecule has 0 aromatic rings. The zero-order valence-electron chi connectivity index (χ0n) is 8.38. The molecule has 0 radical (unpaired) electrons. The first-order valence-electron chi connectivity index (χ1n) is 4.82. The fourth-order valence-corrected chi connectivity index (χ4v) is 2.01. The van der Waals surface area contributed by atoms with Crippen molar-refractivity contribution >= 4 is 5.97 Å². The largest absolute Gasteiger partial charge is 0.481 e. The van der Waals surface area contributed by atoms with Crippen LogP contribution in [0.4, 0.5) is 0 Å². The van der Waals surface area contributed by atoms with Crippen molar-refractivity contribution in [3.8, 4) is 0 Å². The molecule has 0 aromatic carbocycles. The van der Waals surface area contributed by atoms with E-state index < -0.39 is 5.97 Å². The fraction of sp³-hybridized carbons (Fsp3) is 0.900. The van der Waals surface area contributed by atoms with Crippen molar-refractivity contribution in [1.82, 2.24) is 0 Å². The molecular weight excluding hydrogens is 168 g/mol. The number of carboxylic acid groups (broad SMARTS) is 1. The van der Waals surface area contributed by atoms with Crippen molar-refractivity contribution in [2.75, 3.05) is 13.2 Å². The molecule has 1 fully saturated rings. The molecule has 1 aliphatic heterocycles. The maximum absolute atomic E-state index is 10.6. The third-order valence-corrected chi connectivity index (χ3v) is 2.93. The van der Waals surface area contributed by atoms with Gasteiger partial charge in [0.2, 0.25) is 0 Å². The van der Waals surface area contributed by atoms with Crippen LogP contribution in [-0.4, -0.2) is 24.3 Å². The Bertz CT molecular complexity index is 181. The average molecular weight is 186 g/mol. The molecule has 13 heavy (non-hydrogen) atoms. The summed E-state index contributed by atoms with van der Waals surface area (Å²) in [6, 6.07) is 0. The second-order valence-electron chi connectivity index (χ2n) is 4.45. The van der Waals surface area contributed by atoms with Crippen LogP contribution in [0.15, 0.2) is 0 Å². The van der Waals surface area contributed by atoms with E-state index in [0.29, 0.717) is 5.92 Å². The van der Waals surface area contributed by atoms with E-state index in [1.54, 1.807) is 0 Å². The van der Waals surface area contributed by atoms with Crippen LogP contribution < -0.4 is 0 Å². The molecule has 3 nitrogen and oxygen atoms in total. The SMILES string of the molecule is CC(C)(CC(=O)O)C1CCOCC1. The van der Waals surface area contributed by atoms with Crippen LogP contribution >= 0.6 is 0 Å². The predicted octanol–water partition coefficient (Wildman–Crippen LogP) is 1.91.